The van der Waals surface area contributed by atoms with E-state index in [-0.39, 0.29) is 23.8 Å². The first-order valence-electron chi connectivity index (χ1n) is 10.3. The number of rotatable bonds is 6. The van der Waals surface area contributed by atoms with Gasteiger partial charge in [-0.2, -0.15) is 0 Å². The van der Waals surface area contributed by atoms with Crippen molar-refractivity contribution < 1.29 is 9.18 Å². The Balaban J connectivity index is 1.46. The molecule has 4 rings (SSSR count). The van der Waals surface area contributed by atoms with Gasteiger partial charge >= 0.3 is 0 Å². The van der Waals surface area contributed by atoms with Crippen LogP contribution >= 0.6 is 11.3 Å². The van der Waals surface area contributed by atoms with Crippen LogP contribution in [-0.4, -0.2) is 43.0 Å². The number of piperazine rings is 1. The smallest absolute Gasteiger partial charge is 0.251 e. The molecule has 0 spiro atoms. The van der Waals surface area contributed by atoms with Crippen molar-refractivity contribution in [1.29, 1.82) is 0 Å². The third-order valence-corrected chi connectivity index (χ3v) is 6.55. The van der Waals surface area contributed by atoms with Crippen molar-refractivity contribution in [3.05, 3.63) is 88.4 Å². The van der Waals surface area contributed by atoms with E-state index < -0.39 is 0 Å². The molecule has 0 unspecified atom stereocenters. The first kappa shape index (κ1) is 20.6. The maximum absolute atomic E-state index is 13.2. The van der Waals surface area contributed by atoms with E-state index in [1.54, 1.807) is 11.3 Å². The van der Waals surface area contributed by atoms with Crippen LogP contribution in [0.4, 0.5) is 10.1 Å². The molecule has 2 aromatic carbocycles. The van der Waals surface area contributed by atoms with Gasteiger partial charge in [-0.1, -0.05) is 24.3 Å². The van der Waals surface area contributed by atoms with Crippen molar-refractivity contribution in [3.63, 3.8) is 0 Å². The van der Waals surface area contributed by atoms with Gasteiger partial charge in [0.1, 0.15) is 5.82 Å². The molecule has 2 heterocycles. The molecule has 1 aromatic heterocycles. The Morgan fingerprint density at radius 2 is 1.67 bits per heavy atom. The minimum Gasteiger partial charge on any atom is -0.369 e. The number of benzene rings is 2. The summed E-state index contributed by atoms with van der Waals surface area (Å²) in [6.45, 7) is 5.80. The minimum absolute atomic E-state index is 0.0792. The summed E-state index contributed by atoms with van der Waals surface area (Å²) in [7, 11) is 0. The predicted molar refractivity (Wildman–Crippen MR) is 121 cm³/mol. The van der Waals surface area contributed by atoms with Gasteiger partial charge in [0.25, 0.3) is 5.91 Å². The number of hydrogen-bond donors (Lipinski definition) is 1. The quantitative estimate of drug-likeness (QED) is 0.631. The molecule has 156 valence electrons. The predicted octanol–water partition coefficient (Wildman–Crippen LogP) is 4.57. The van der Waals surface area contributed by atoms with Gasteiger partial charge in [-0.25, -0.2) is 4.39 Å². The van der Waals surface area contributed by atoms with Gasteiger partial charge in [0.2, 0.25) is 0 Å². The number of thiophene rings is 1. The molecule has 1 saturated heterocycles. The number of hydrogen-bond acceptors (Lipinski definition) is 4. The van der Waals surface area contributed by atoms with Gasteiger partial charge in [0.15, 0.2) is 0 Å². The number of para-hydroxylation sites is 1. The highest BCUT2D eigenvalue weighted by Gasteiger charge is 2.31. The topological polar surface area (TPSA) is 35.6 Å². The lowest BCUT2D eigenvalue weighted by Gasteiger charge is -2.42. The lowest BCUT2D eigenvalue weighted by Crippen LogP contribution is -2.52. The Labute approximate surface area is 180 Å². The molecule has 2 atom stereocenters. The second-order valence-corrected chi connectivity index (χ2v) is 8.57. The molecule has 1 aliphatic rings. The van der Waals surface area contributed by atoms with E-state index in [9.17, 15) is 9.18 Å². The zero-order valence-electron chi connectivity index (χ0n) is 17.0. The summed E-state index contributed by atoms with van der Waals surface area (Å²) in [4.78, 5) is 18.8. The van der Waals surface area contributed by atoms with Crippen LogP contribution in [-0.2, 0) is 0 Å². The van der Waals surface area contributed by atoms with Crippen molar-refractivity contribution in [2.24, 2.45) is 0 Å². The molecule has 1 aliphatic heterocycles. The van der Waals surface area contributed by atoms with Gasteiger partial charge in [-0.15, -0.1) is 11.3 Å². The third kappa shape index (κ3) is 4.71. The number of nitrogens with zero attached hydrogens (tertiary/aromatic N) is 2. The van der Waals surface area contributed by atoms with Gasteiger partial charge in [-0.3, -0.25) is 9.69 Å². The van der Waals surface area contributed by atoms with Crippen LogP contribution in [0, 0.1) is 5.82 Å². The fourth-order valence-electron chi connectivity index (χ4n) is 4.07. The van der Waals surface area contributed by atoms with Crippen LogP contribution < -0.4 is 10.2 Å². The van der Waals surface area contributed by atoms with Crippen LogP contribution in [0.1, 0.15) is 28.2 Å². The molecule has 3 aromatic rings. The number of halogens is 1. The number of nitrogens with one attached hydrogen (secondary N) is 1. The molecule has 1 amide bonds. The van der Waals surface area contributed by atoms with E-state index in [4.69, 9.17) is 0 Å². The lowest BCUT2D eigenvalue weighted by atomic mass is 10.0. The summed E-state index contributed by atoms with van der Waals surface area (Å²) in [5.74, 6) is -0.515. The summed E-state index contributed by atoms with van der Waals surface area (Å²) >= 11 is 1.72. The SMILES string of the molecule is C[C@H](NC(=O)c1ccc(F)cc1)[C@H](c1cccs1)N1CCN(c2ccccc2)CC1. The lowest BCUT2D eigenvalue weighted by molar-refractivity contribution is 0.0890. The average molecular weight is 424 g/mol. The van der Waals surface area contributed by atoms with E-state index >= 15 is 0 Å². The van der Waals surface area contributed by atoms with E-state index in [1.165, 1.54) is 34.8 Å². The van der Waals surface area contributed by atoms with E-state index in [1.807, 2.05) is 6.07 Å². The van der Waals surface area contributed by atoms with Crippen LogP contribution in [0.5, 0.6) is 0 Å². The molecular weight excluding hydrogens is 397 g/mol. The fourth-order valence-corrected chi connectivity index (χ4v) is 5.03. The highest BCUT2D eigenvalue weighted by atomic mass is 32.1. The van der Waals surface area contributed by atoms with Crippen molar-refractivity contribution in [2.45, 2.75) is 19.0 Å². The normalized spacial score (nSPS) is 16.8. The van der Waals surface area contributed by atoms with Crippen LogP contribution in [0.25, 0.3) is 0 Å². The third-order valence-electron chi connectivity index (χ3n) is 5.60. The van der Waals surface area contributed by atoms with E-state index in [2.05, 4.69) is 63.8 Å². The highest BCUT2D eigenvalue weighted by Crippen LogP contribution is 2.30. The molecule has 30 heavy (non-hydrogen) atoms. The number of carbonyl (C=O) groups excluding carboxylic acids is 1. The first-order chi connectivity index (χ1) is 14.6. The zero-order valence-corrected chi connectivity index (χ0v) is 17.8. The Morgan fingerprint density at radius 3 is 2.30 bits per heavy atom. The van der Waals surface area contributed by atoms with Gasteiger partial charge in [0, 0.05) is 48.3 Å². The highest BCUT2D eigenvalue weighted by molar-refractivity contribution is 7.10. The standard InChI is InChI=1S/C24H26FN3OS/c1-18(26-24(29)19-9-11-20(25)12-10-19)23(22-8-5-17-30-22)28-15-13-27(14-16-28)21-6-3-2-4-7-21/h2-12,17-18,23H,13-16H2,1H3,(H,26,29)/t18-,23+/m0/s1. The maximum Gasteiger partial charge on any atom is 0.251 e. The van der Waals surface area contributed by atoms with Gasteiger partial charge in [-0.05, 0) is 54.8 Å². The van der Waals surface area contributed by atoms with Crippen LogP contribution in [0.15, 0.2) is 72.1 Å². The molecule has 1 fully saturated rings. The zero-order chi connectivity index (χ0) is 20.9. The molecule has 1 N–H and O–H groups in total. The van der Waals surface area contributed by atoms with Gasteiger partial charge in [0.05, 0.1) is 6.04 Å². The average Bonchev–Trinajstić information content (AvgIpc) is 3.30. The molecular formula is C24H26FN3OS. The maximum atomic E-state index is 13.2. The summed E-state index contributed by atoms with van der Waals surface area (Å²) < 4.78 is 13.2. The summed E-state index contributed by atoms with van der Waals surface area (Å²) in [5.41, 5.74) is 1.73. The van der Waals surface area contributed by atoms with Crippen molar-refractivity contribution in [1.82, 2.24) is 10.2 Å². The summed E-state index contributed by atoms with van der Waals surface area (Å²) in [5, 5.41) is 5.21. The summed E-state index contributed by atoms with van der Waals surface area (Å²) in [6, 6.07) is 20.4. The van der Waals surface area contributed by atoms with E-state index in [0.717, 1.165) is 26.2 Å². The Hall–Kier alpha value is -2.70. The van der Waals surface area contributed by atoms with E-state index in [0.29, 0.717) is 5.56 Å². The number of amides is 1. The Morgan fingerprint density at radius 1 is 0.967 bits per heavy atom. The minimum atomic E-state index is -0.340. The largest absolute Gasteiger partial charge is 0.369 e. The molecule has 0 aliphatic carbocycles. The van der Waals surface area contributed by atoms with Crippen LogP contribution in [0.2, 0.25) is 0 Å². The van der Waals surface area contributed by atoms with Gasteiger partial charge < -0.3 is 10.2 Å². The van der Waals surface area contributed by atoms with Crippen molar-refractivity contribution in [2.75, 3.05) is 31.1 Å². The monoisotopic (exact) mass is 423 g/mol. The molecule has 0 saturated carbocycles. The first-order valence-corrected chi connectivity index (χ1v) is 11.1. The molecule has 0 bridgehead atoms. The Bertz CT molecular complexity index is 938. The summed E-state index contributed by atoms with van der Waals surface area (Å²) in [6.07, 6.45) is 0. The molecule has 0 radical (unpaired) electrons. The van der Waals surface area contributed by atoms with Crippen molar-refractivity contribution >= 4 is 22.9 Å². The van der Waals surface area contributed by atoms with Crippen LogP contribution in [0.3, 0.4) is 0 Å². The molecule has 4 nitrogen and oxygen atoms in total. The number of anilines is 1. The molecule has 6 heteroatoms. The number of carbonyl (C=O) groups is 1. The Kier molecular flexibility index (Phi) is 6.45. The second kappa shape index (κ2) is 9.41. The second-order valence-electron chi connectivity index (χ2n) is 7.59. The fraction of sp³-hybridized carbons (Fsp3) is 0.292. The van der Waals surface area contributed by atoms with Crippen molar-refractivity contribution in [3.8, 4) is 0 Å².